The van der Waals surface area contributed by atoms with Gasteiger partial charge in [-0.05, 0) is 42.5 Å². The van der Waals surface area contributed by atoms with Crippen LogP contribution in [0.25, 0.3) is 0 Å². The van der Waals surface area contributed by atoms with Gasteiger partial charge in [0.25, 0.3) is 0 Å². The van der Waals surface area contributed by atoms with Crippen LogP contribution in [0.1, 0.15) is 64.6 Å². The third-order valence-corrected chi connectivity index (χ3v) is 3.91. The van der Waals surface area contributed by atoms with Crippen molar-refractivity contribution < 1.29 is 0 Å². The normalized spacial score (nSPS) is 12.7. The van der Waals surface area contributed by atoms with Crippen molar-refractivity contribution in [2.24, 2.45) is 5.92 Å². The first kappa shape index (κ1) is 18.0. The standard InChI is InChI=1S/C18H33N3/c1-7-9-19-12-16-10-17(14(3)4)20-18(11-16)21(6)13-15(5)8-2/h10-11,14-15,19H,7-9,12-13H2,1-6H3. The molecule has 0 saturated carbocycles. The predicted molar refractivity (Wildman–Crippen MR) is 93.0 cm³/mol. The third kappa shape index (κ3) is 6.04. The van der Waals surface area contributed by atoms with Gasteiger partial charge in [0.15, 0.2) is 0 Å². The highest BCUT2D eigenvalue weighted by atomic mass is 15.2. The molecule has 0 amide bonds. The van der Waals surface area contributed by atoms with Gasteiger partial charge in [-0.25, -0.2) is 4.98 Å². The molecule has 1 atom stereocenters. The molecule has 21 heavy (non-hydrogen) atoms. The van der Waals surface area contributed by atoms with E-state index in [4.69, 9.17) is 4.98 Å². The summed E-state index contributed by atoms with van der Waals surface area (Å²) in [6, 6.07) is 4.48. The second-order valence-corrected chi connectivity index (χ2v) is 6.48. The molecule has 0 aliphatic heterocycles. The van der Waals surface area contributed by atoms with Crippen LogP contribution in [-0.4, -0.2) is 25.1 Å². The molecule has 1 unspecified atom stereocenters. The summed E-state index contributed by atoms with van der Waals surface area (Å²) in [7, 11) is 2.15. The fraction of sp³-hybridized carbons (Fsp3) is 0.722. The minimum absolute atomic E-state index is 0.465. The van der Waals surface area contributed by atoms with Gasteiger partial charge in [0, 0.05) is 25.8 Å². The van der Waals surface area contributed by atoms with E-state index in [0.717, 1.165) is 25.5 Å². The average Bonchev–Trinajstić information content (AvgIpc) is 2.46. The lowest BCUT2D eigenvalue weighted by Crippen LogP contribution is -2.25. The molecule has 120 valence electrons. The molecule has 3 heteroatoms. The molecule has 0 bridgehead atoms. The first-order valence-corrected chi connectivity index (χ1v) is 8.40. The van der Waals surface area contributed by atoms with Crippen molar-refractivity contribution in [2.75, 3.05) is 25.0 Å². The molecule has 0 aliphatic carbocycles. The van der Waals surface area contributed by atoms with Crippen molar-refractivity contribution in [3.63, 3.8) is 0 Å². The molecule has 0 aromatic carbocycles. The first-order chi connectivity index (χ1) is 9.97. The molecular formula is C18H33N3. The zero-order chi connectivity index (χ0) is 15.8. The van der Waals surface area contributed by atoms with Crippen LogP contribution < -0.4 is 10.2 Å². The summed E-state index contributed by atoms with van der Waals surface area (Å²) in [6.07, 6.45) is 2.38. The molecule has 0 fully saturated rings. The number of rotatable bonds is 9. The summed E-state index contributed by atoms with van der Waals surface area (Å²) in [5, 5.41) is 3.49. The zero-order valence-corrected chi connectivity index (χ0v) is 14.7. The van der Waals surface area contributed by atoms with E-state index in [1.54, 1.807) is 0 Å². The van der Waals surface area contributed by atoms with Crippen molar-refractivity contribution >= 4 is 5.82 Å². The van der Waals surface area contributed by atoms with E-state index in [-0.39, 0.29) is 0 Å². The molecule has 1 aromatic heterocycles. The average molecular weight is 291 g/mol. The molecule has 1 aromatic rings. The summed E-state index contributed by atoms with van der Waals surface area (Å²) < 4.78 is 0. The Bertz CT molecular complexity index is 415. The monoisotopic (exact) mass is 291 g/mol. The minimum Gasteiger partial charge on any atom is -0.359 e. The fourth-order valence-electron chi connectivity index (χ4n) is 2.29. The number of pyridine rings is 1. The van der Waals surface area contributed by atoms with Crippen molar-refractivity contribution in [1.82, 2.24) is 10.3 Å². The Morgan fingerprint density at radius 1 is 1.19 bits per heavy atom. The number of anilines is 1. The van der Waals surface area contributed by atoms with E-state index in [1.807, 2.05) is 0 Å². The van der Waals surface area contributed by atoms with Gasteiger partial charge in [-0.1, -0.05) is 41.0 Å². The van der Waals surface area contributed by atoms with Gasteiger partial charge in [-0.3, -0.25) is 0 Å². The van der Waals surface area contributed by atoms with Crippen LogP contribution in [0.4, 0.5) is 5.82 Å². The first-order valence-electron chi connectivity index (χ1n) is 8.40. The molecule has 0 radical (unpaired) electrons. The van der Waals surface area contributed by atoms with E-state index in [2.05, 4.69) is 64.0 Å². The Kier molecular flexibility index (Phi) is 7.73. The Balaban J connectivity index is 2.90. The van der Waals surface area contributed by atoms with E-state index in [1.165, 1.54) is 24.1 Å². The van der Waals surface area contributed by atoms with Crippen molar-refractivity contribution in [1.29, 1.82) is 0 Å². The van der Waals surface area contributed by atoms with Crippen molar-refractivity contribution in [3.8, 4) is 0 Å². The summed E-state index contributed by atoms with van der Waals surface area (Å²) in [4.78, 5) is 7.14. The topological polar surface area (TPSA) is 28.2 Å². The van der Waals surface area contributed by atoms with E-state index < -0.39 is 0 Å². The predicted octanol–water partition coefficient (Wildman–Crippen LogP) is 4.19. The van der Waals surface area contributed by atoms with Crippen LogP contribution >= 0.6 is 0 Å². The Morgan fingerprint density at radius 3 is 2.48 bits per heavy atom. The highest BCUT2D eigenvalue weighted by molar-refractivity contribution is 5.42. The molecule has 0 saturated heterocycles. The molecule has 1 heterocycles. The lowest BCUT2D eigenvalue weighted by Gasteiger charge is -2.23. The summed E-state index contributed by atoms with van der Waals surface area (Å²) >= 11 is 0. The molecule has 3 nitrogen and oxygen atoms in total. The van der Waals surface area contributed by atoms with Gasteiger partial charge in [-0.15, -0.1) is 0 Å². The smallest absolute Gasteiger partial charge is 0.128 e. The number of hydrogen-bond donors (Lipinski definition) is 1. The second-order valence-electron chi connectivity index (χ2n) is 6.48. The highest BCUT2D eigenvalue weighted by Gasteiger charge is 2.11. The quantitative estimate of drug-likeness (QED) is 0.692. The fourth-order valence-corrected chi connectivity index (χ4v) is 2.29. The van der Waals surface area contributed by atoms with E-state index in [9.17, 15) is 0 Å². The Labute approximate surface area is 131 Å². The Hall–Kier alpha value is -1.09. The van der Waals surface area contributed by atoms with Crippen LogP contribution in [0.3, 0.4) is 0 Å². The molecule has 0 spiro atoms. The van der Waals surface area contributed by atoms with Crippen LogP contribution in [0.2, 0.25) is 0 Å². The highest BCUT2D eigenvalue weighted by Crippen LogP contribution is 2.20. The molecule has 1 N–H and O–H groups in total. The summed E-state index contributed by atoms with van der Waals surface area (Å²) in [5.41, 5.74) is 2.53. The lowest BCUT2D eigenvalue weighted by atomic mass is 10.1. The maximum Gasteiger partial charge on any atom is 0.128 e. The number of aromatic nitrogens is 1. The van der Waals surface area contributed by atoms with E-state index in [0.29, 0.717) is 11.8 Å². The molecule has 1 rings (SSSR count). The van der Waals surface area contributed by atoms with Crippen LogP contribution in [0.15, 0.2) is 12.1 Å². The largest absolute Gasteiger partial charge is 0.359 e. The van der Waals surface area contributed by atoms with Gasteiger partial charge in [-0.2, -0.15) is 0 Å². The maximum absolute atomic E-state index is 4.85. The molecular weight excluding hydrogens is 258 g/mol. The third-order valence-electron chi connectivity index (χ3n) is 3.91. The van der Waals surface area contributed by atoms with Gasteiger partial charge in [0.1, 0.15) is 5.82 Å². The van der Waals surface area contributed by atoms with Crippen LogP contribution in [0, 0.1) is 5.92 Å². The number of hydrogen-bond acceptors (Lipinski definition) is 3. The van der Waals surface area contributed by atoms with Crippen LogP contribution in [-0.2, 0) is 6.54 Å². The van der Waals surface area contributed by atoms with E-state index >= 15 is 0 Å². The van der Waals surface area contributed by atoms with Crippen molar-refractivity contribution in [3.05, 3.63) is 23.4 Å². The van der Waals surface area contributed by atoms with Gasteiger partial charge in [0.05, 0.1) is 0 Å². The second kappa shape index (κ2) is 9.04. The minimum atomic E-state index is 0.465. The Morgan fingerprint density at radius 2 is 1.90 bits per heavy atom. The van der Waals surface area contributed by atoms with Gasteiger partial charge in [0.2, 0.25) is 0 Å². The summed E-state index contributed by atoms with van der Waals surface area (Å²) in [5.74, 6) is 2.27. The summed E-state index contributed by atoms with van der Waals surface area (Å²) in [6.45, 7) is 14.2. The van der Waals surface area contributed by atoms with Gasteiger partial charge >= 0.3 is 0 Å². The number of nitrogens with zero attached hydrogens (tertiary/aromatic N) is 2. The van der Waals surface area contributed by atoms with Gasteiger partial charge < -0.3 is 10.2 Å². The van der Waals surface area contributed by atoms with Crippen molar-refractivity contribution in [2.45, 2.75) is 59.9 Å². The zero-order valence-electron chi connectivity index (χ0n) is 14.7. The SMILES string of the molecule is CCCNCc1cc(C(C)C)nc(N(C)CC(C)CC)c1. The lowest BCUT2D eigenvalue weighted by molar-refractivity contribution is 0.557. The maximum atomic E-state index is 4.85. The number of nitrogens with one attached hydrogen (secondary N) is 1. The van der Waals surface area contributed by atoms with Crippen LogP contribution in [0.5, 0.6) is 0 Å². The molecule has 0 aliphatic rings.